The average Bonchev–Trinajstić information content (AvgIpc) is 2.57. The Hall–Kier alpha value is -1.22. The van der Waals surface area contributed by atoms with E-state index in [1.54, 1.807) is 0 Å². The van der Waals surface area contributed by atoms with Crippen molar-refractivity contribution >= 4 is 11.9 Å². The molecule has 2 rings (SSSR count). The molecule has 30 heavy (non-hydrogen) atoms. The third-order valence-electron chi connectivity index (χ3n) is 5.91. The van der Waals surface area contributed by atoms with Gasteiger partial charge in [0.25, 0.3) is 0 Å². The molecule has 2 aliphatic rings. The Labute approximate surface area is 181 Å². The summed E-state index contributed by atoms with van der Waals surface area (Å²) in [5.41, 5.74) is -0.604. The summed E-state index contributed by atoms with van der Waals surface area (Å²) in [6, 6.07) is 0. The van der Waals surface area contributed by atoms with Crippen molar-refractivity contribution in [3.8, 4) is 0 Å². The molecule has 8 nitrogen and oxygen atoms in total. The second kappa shape index (κ2) is 10.9. The summed E-state index contributed by atoms with van der Waals surface area (Å²) in [5, 5.41) is 41.7. The number of nitrogens with zero attached hydrogens (tertiary/aromatic N) is 2. The number of piperidine rings is 2. The van der Waals surface area contributed by atoms with Crippen molar-refractivity contribution in [1.29, 1.82) is 0 Å². The molecule has 2 heterocycles. The van der Waals surface area contributed by atoms with Crippen LogP contribution in [-0.4, -0.2) is 54.4 Å². The van der Waals surface area contributed by atoms with Crippen LogP contribution in [0.2, 0.25) is 0 Å². The van der Waals surface area contributed by atoms with E-state index in [0.717, 1.165) is 25.7 Å². The van der Waals surface area contributed by atoms with Crippen molar-refractivity contribution in [2.24, 2.45) is 0 Å². The molecule has 2 N–H and O–H groups in total. The molecule has 0 saturated carbocycles. The first-order valence-corrected chi connectivity index (χ1v) is 10.7. The van der Waals surface area contributed by atoms with Crippen molar-refractivity contribution in [1.82, 2.24) is 10.1 Å². The van der Waals surface area contributed by atoms with Crippen LogP contribution in [-0.2, 0) is 20.0 Å². The molecule has 176 valence electrons. The van der Waals surface area contributed by atoms with Crippen LogP contribution in [0.3, 0.4) is 0 Å². The Kier molecular flexibility index (Phi) is 10.4. The molecule has 2 radical (unpaired) electrons. The van der Waals surface area contributed by atoms with Gasteiger partial charge in [-0.05, 0) is 93.9 Å². The van der Waals surface area contributed by atoms with E-state index in [-0.39, 0.29) is 35.0 Å². The van der Waals surface area contributed by atoms with Gasteiger partial charge in [0.2, 0.25) is 0 Å². The van der Waals surface area contributed by atoms with E-state index < -0.39 is 11.9 Å². The lowest BCUT2D eigenvalue weighted by atomic mass is 9.82. The quantitative estimate of drug-likeness (QED) is 0.670. The smallest absolute Gasteiger partial charge is 0.303 e. The molecule has 0 spiro atoms. The highest BCUT2D eigenvalue weighted by molar-refractivity contribution is 5.75. The Morgan fingerprint density at radius 1 is 0.600 bits per heavy atom. The molecule has 0 atom stereocenters. The van der Waals surface area contributed by atoms with Gasteiger partial charge >= 0.3 is 11.9 Å². The van der Waals surface area contributed by atoms with Gasteiger partial charge in [0.15, 0.2) is 0 Å². The fourth-order valence-electron chi connectivity index (χ4n) is 4.17. The van der Waals surface area contributed by atoms with Crippen LogP contribution >= 0.6 is 0 Å². The van der Waals surface area contributed by atoms with E-state index in [2.05, 4.69) is 0 Å². The second-order valence-electron chi connectivity index (χ2n) is 10.8. The molecule has 0 aromatic rings. The highest BCUT2D eigenvalue weighted by atomic mass is 16.5. The number of carbonyl (C=O) groups is 2. The molecular formula is C22H42N2O6. The van der Waals surface area contributed by atoms with Gasteiger partial charge in [-0.1, -0.05) is 0 Å². The third-order valence-corrected chi connectivity index (χ3v) is 5.91. The first kappa shape index (κ1) is 28.8. The Balaban J connectivity index is 0.000000428. The maximum atomic E-state index is 11.7. The molecule has 2 fully saturated rings. The van der Waals surface area contributed by atoms with Crippen molar-refractivity contribution in [2.45, 2.75) is 129 Å². The average molecular weight is 431 g/mol. The van der Waals surface area contributed by atoms with E-state index in [4.69, 9.17) is 10.2 Å². The van der Waals surface area contributed by atoms with Crippen LogP contribution < -0.4 is 0 Å². The molecule has 2 saturated heterocycles. The highest BCUT2D eigenvalue weighted by Gasteiger charge is 2.42. The zero-order chi connectivity index (χ0) is 24.0. The molecule has 0 bridgehead atoms. The number of hydroxylamine groups is 4. The fourth-order valence-corrected chi connectivity index (χ4v) is 4.17. The van der Waals surface area contributed by atoms with Crippen LogP contribution in [0.4, 0.5) is 0 Å². The maximum Gasteiger partial charge on any atom is 0.303 e. The Morgan fingerprint density at radius 3 is 0.933 bits per heavy atom. The molecule has 0 unspecified atom stereocenters. The second-order valence-corrected chi connectivity index (χ2v) is 10.8. The lowest BCUT2D eigenvalue weighted by Crippen LogP contribution is -2.55. The summed E-state index contributed by atoms with van der Waals surface area (Å²) in [6.45, 7) is 16.2. The molecule has 0 amide bonds. The van der Waals surface area contributed by atoms with Crippen LogP contribution in [0, 0.1) is 0 Å². The van der Waals surface area contributed by atoms with Gasteiger partial charge in [0.1, 0.15) is 0 Å². The minimum absolute atomic E-state index is 0.151. The zero-order valence-corrected chi connectivity index (χ0v) is 20.1. The molecular weight excluding hydrogens is 388 g/mol. The molecule has 0 aromatic heterocycles. The number of carboxylic acids is 2. The van der Waals surface area contributed by atoms with Gasteiger partial charge in [-0.2, -0.15) is 0 Å². The SMILES string of the molecule is CC1(C)CCCC(C)(C)N1[O].CC1(C)CCCC(C)(C)N1[O].O=C(O)CCC(=O)O. The minimum Gasteiger partial charge on any atom is -0.481 e. The third kappa shape index (κ3) is 9.29. The minimum atomic E-state index is -1.08. The van der Waals surface area contributed by atoms with Crippen molar-refractivity contribution < 1.29 is 30.2 Å². The predicted molar refractivity (Wildman–Crippen MR) is 114 cm³/mol. The van der Waals surface area contributed by atoms with Gasteiger partial charge < -0.3 is 10.2 Å². The summed E-state index contributed by atoms with van der Waals surface area (Å²) in [5.74, 6) is -2.15. The zero-order valence-electron chi connectivity index (χ0n) is 20.1. The van der Waals surface area contributed by atoms with Gasteiger partial charge in [-0.25, -0.2) is 0 Å². The summed E-state index contributed by atoms with van der Waals surface area (Å²) in [7, 11) is 0. The first-order chi connectivity index (χ1) is 13.3. The van der Waals surface area contributed by atoms with Crippen molar-refractivity contribution in [3.63, 3.8) is 0 Å². The highest BCUT2D eigenvalue weighted by Crippen LogP contribution is 2.37. The number of rotatable bonds is 3. The summed E-state index contributed by atoms with van der Waals surface area (Å²) < 4.78 is 0. The van der Waals surface area contributed by atoms with Crippen LogP contribution in [0.25, 0.3) is 0 Å². The molecule has 0 aliphatic carbocycles. The fraction of sp³-hybridized carbons (Fsp3) is 0.909. The standard InChI is InChI=1S/2C9H18NO.C4H6O4/c2*1-8(2)6-5-7-9(3,4)10(8)11;5-3(6)1-2-4(7)8/h2*5-7H2,1-4H3;1-2H2,(H,5,6)(H,7,8). The number of aliphatic carboxylic acids is 2. The topological polar surface area (TPSA) is 121 Å². The van der Waals surface area contributed by atoms with E-state index in [1.165, 1.54) is 23.0 Å². The van der Waals surface area contributed by atoms with Gasteiger partial charge in [-0.15, -0.1) is 20.5 Å². The van der Waals surface area contributed by atoms with Crippen molar-refractivity contribution in [2.75, 3.05) is 0 Å². The first-order valence-electron chi connectivity index (χ1n) is 10.7. The number of carboxylic acid groups (broad SMARTS) is 2. The van der Waals surface area contributed by atoms with E-state index in [1.807, 2.05) is 55.4 Å². The lowest BCUT2D eigenvalue weighted by Gasteiger charge is -2.46. The monoisotopic (exact) mass is 430 g/mol. The van der Waals surface area contributed by atoms with Crippen molar-refractivity contribution in [3.05, 3.63) is 0 Å². The van der Waals surface area contributed by atoms with Gasteiger partial charge in [0, 0.05) is 22.2 Å². The summed E-state index contributed by atoms with van der Waals surface area (Å²) in [4.78, 5) is 19.3. The maximum absolute atomic E-state index is 11.7. The van der Waals surface area contributed by atoms with Gasteiger partial charge in [-0.3, -0.25) is 9.59 Å². The summed E-state index contributed by atoms with van der Waals surface area (Å²) >= 11 is 0. The van der Waals surface area contributed by atoms with Crippen LogP contribution in [0.1, 0.15) is 107 Å². The molecule has 0 aromatic carbocycles. The number of hydrogen-bond donors (Lipinski definition) is 2. The van der Waals surface area contributed by atoms with E-state index >= 15 is 0 Å². The largest absolute Gasteiger partial charge is 0.481 e. The number of hydrogen-bond acceptors (Lipinski definition) is 4. The molecule has 2 aliphatic heterocycles. The van der Waals surface area contributed by atoms with Crippen LogP contribution in [0.15, 0.2) is 0 Å². The molecule has 8 heteroatoms. The summed E-state index contributed by atoms with van der Waals surface area (Å²) in [6.07, 6.45) is 5.88. The Bertz CT molecular complexity index is 490. The predicted octanol–water partition coefficient (Wildman–Crippen LogP) is 4.69. The lowest BCUT2D eigenvalue weighted by molar-refractivity contribution is -0.286. The van der Waals surface area contributed by atoms with Gasteiger partial charge in [0.05, 0.1) is 12.8 Å². The van der Waals surface area contributed by atoms with Crippen LogP contribution in [0.5, 0.6) is 0 Å². The van der Waals surface area contributed by atoms with E-state index in [0.29, 0.717) is 0 Å². The van der Waals surface area contributed by atoms with E-state index in [9.17, 15) is 20.0 Å². The Morgan fingerprint density at radius 2 is 0.800 bits per heavy atom. The normalized spacial score (nSPS) is 24.5.